The predicted molar refractivity (Wildman–Crippen MR) is 74.5 cm³/mol. The van der Waals surface area contributed by atoms with Crippen molar-refractivity contribution in [2.45, 2.75) is 0 Å². The van der Waals surface area contributed by atoms with Crippen LogP contribution in [-0.2, 0) is 4.79 Å². The summed E-state index contributed by atoms with van der Waals surface area (Å²) in [5, 5.41) is 2.41. The maximum Gasteiger partial charge on any atom is 0.251 e. The van der Waals surface area contributed by atoms with E-state index in [4.69, 9.17) is 10.5 Å². The number of rotatable bonds is 5. The highest BCUT2D eigenvalue weighted by Gasteiger charge is 2.06. The predicted octanol–water partition coefficient (Wildman–Crippen LogP) is 1.69. The van der Waals surface area contributed by atoms with Crippen molar-refractivity contribution < 1.29 is 14.3 Å². The lowest BCUT2D eigenvalue weighted by atomic mass is 10.2. The molecule has 20 heavy (non-hydrogen) atoms. The van der Waals surface area contributed by atoms with Gasteiger partial charge in [0, 0.05) is 5.56 Å². The van der Waals surface area contributed by atoms with Crippen molar-refractivity contribution in [2.75, 3.05) is 6.54 Å². The van der Waals surface area contributed by atoms with E-state index in [1.165, 1.54) is 0 Å². The average Bonchev–Trinajstić information content (AvgIpc) is 2.46. The van der Waals surface area contributed by atoms with Gasteiger partial charge in [-0.25, -0.2) is 0 Å². The summed E-state index contributed by atoms with van der Waals surface area (Å²) in [4.78, 5) is 22.2. The number of primary amides is 1. The topological polar surface area (TPSA) is 81.4 Å². The third-order valence-corrected chi connectivity index (χ3v) is 2.52. The molecule has 0 atom stereocenters. The molecule has 0 aromatic heterocycles. The molecule has 0 fully saturated rings. The quantitative estimate of drug-likeness (QED) is 0.867. The second-order valence-electron chi connectivity index (χ2n) is 4.09. The molecule has 2 rings (SSSR count). The summed E-state index contributed by atoms with van der Waals surface area (Å²) in [6.07, 6.45) is 0. The van der Waals surface area contributed by atoms with Gasteiger partial charge in [0.05, 0.1) is 6.54 Å². The van der Waals surface area contributed by atoms with Gasteiger partial charge < -0.3 is 15.8 Å². The van der Waals surface area contributed by atoms with Gasteiger partial charge in [-0.3, -0.25) is 9.59 Å². The first kappa shape index (κ1) is 13.6. The summed E-state index contributed by atoms with van der Waals surface area (Å²) in [6.45, 7) is -0.179. The van der Waals surface area contributed by atoms with Crippen LogP contribution in [-0.4, -0.2) is 18.4 Å². The molecule has 2 amide bonds. The summed E-state index contributed by atoms with van der Waals surface area (Å²) in [7, 11) is 0. The molecule has 0 heterocycles. The molecule has 0 unspecified atom stereocenters. The van der Waals surface area contributed by atoms with Gasteiger partial charge in [0.1, 0.15) is 11.5 Å². The largest absolute Gasteiger partial charge is 0.457 e. The first-order valence-electron chi connectivity index (χ1n) is 6.04. The zero-order valence-corrected chi connectivity index (χ0v) is 10.7. The number of carbonyl (C=O) groups is 2. The number of amides is 2. The number of ether oxygens (including phenoxy) is 1. The molecule has 5 nitrogen and oxygen atoms in total. The highest BCUT2D eigenvalue weighted by Crippen LogP contribution is 2.20. The summed E-state index contributed by atoms with van der Waals surface area (Å²) >= 11 is 0. The molecule has 0 aliphatic carbocycles. The number of hydrogen-bond donors (Lipinski definition) is 2. The van der Waals surface area contributed by atoms with Crippen LogP contribution in [0.4, 0.5) is 0 Å². The van der Waals surface area contributed by atoms with E-state index in [-0.39, 0.29) is 12.5 Å². The third kappa shape index (κ3) is 3.84. The molecule has 0 radical (unpaired) electrons. The molecule has 0 bridgehead atoms. The van der Waals surface area contributed by atoms with Crippen LogP contribution < -0.4 is 15.8 Å². The van der Waals surface area contributed by atoms with E-state index in [1.54, 1.807) is 24.3 Å². The zero-order valence-electron chi connectivity index (χ0n) is 10.7. The van der Waals surface area contributed by atoms with Gasteiger partial charge in [-0.05, 0) is 36.4 Å². The second-order valence-corrected chi connectivity index (χ2v) is 4.09. The Morgan fingerprint density at radius 3 is 2.15 bits per heavy atom. The number of carbonyl (C=O) groups excluding carboxylic acids is 2. The summed E-state index contributed by atoms with van der Waals surface area (Å²) in [5.74, 6) is 0.415. The molecule has 0 spiro atoms. The fourth-order valence-corrected chi connectivity index (χ4v) is 1.57. The minimum absolute atomic E-state index is 0.179. The Morgan fingerprint density at radius 2 is 1.55 bits per heavy atom. The zero-order chi connectivity index (χ0) is 14.4. The van der Waals surface area contributed by atoms with Crippen LogP contribution in [0.15, 0.2) is 54.6 Å². The minimum Gasteiger partial charge on any atom is -0.457 e. The fraction of sp³-hybridized carbons (Fsp3) is 0.0667. The van der Waals surface area contributed by atoms with Crippen molar-refractivity contribution >= 4 is 11.8 Å². The molecule has 0 saturated heterocycles. The molecule has 0 aliphatic heterocycles. The fourth-order valence-electron chi connectivity index (χ4n) is 1.57. The van der Waals surface area contributed by atoms with Gasteiger partial charge in [0.15, 0.2) is 0 Å². The van der Waals surface area contributed by atoms with E-state index in [1.807, 2.05) is 30.3 Å². The summed E-state index contributed by atoms with van der Waals surface area (Å²) in [5.41, 5.74) is 5.39. The molecular weight excluding hydrogens is 256 g/mol. The first-order chi connectivity index (χ1) is 9.65. The Bertz CT molecular complexity index is 594. The van der Waals surface area contributed by atoms with E-state index in [2.05, 4.69) is 5.32 Å². The van der Waals surface area contributed by atoms with Crippen molar-refractivity contribution in [3.63, 3.8) is 0 Å². The van der Waals surface area contributed by atoms with Crippen LogP contribution in [0.2, 0.25) is 0 Å². The van der Waals surface area contributed by atoms with E-state index in [0.717, 1.165) is 5.75 Å². The Hall–Kier alpha value is -2.82. The molecule has 102 valence electrons. The van der Waals surface area contributed by atoms with Gasteiger partial charge in [-0.15, -0.1) is 0 Å². The number of benzene rings is 2. The van der Waals surface area contributed by atoms with E-state index in [0.29, 0.717) is 11.3 Å². The molecule has 0 aliphatic rings. The SMILES string of the molecule is NC(=O)CNC(=O)c1ccc(Oc2ccccc2)cc1. The highest BCUT2D eigenvalue weighted by molar-refractivity contribution is 5.96. The number of nitrogens with two attached hydrogens (primary N) is 1. The van der Waals surface area contributed by atoms with Crippen LogP contribution in [0.1, 0.15) is 10.4 Å². The lowest BCUT2D eigenvalue weighted by Gasteiger charge is -2.06. The van der Waals surface area contributed by atoms with Crippen LogP contribution in [0, 0.1) is 0 Å². The Balaban J connectivity index is 1.99. The van der Waals surface area contributed by atoms with E-state index in [9.17, 15) is 9.59 Å². The van der Waals surface area contributed by atoms with Crippen LogP contribution >= 0.6 is 0 Å². The standard InChI is InChI=1S/C15H14N2O3/c16-14(18)10-17-15(19)11-6-8-13(9-7-11)20-12-4-2-1-3-5-12/h1-9H,10H2,(H2,16,18)(H,17,19). The van der Waals surface area contributed by atoms with Crippen molar-refractivity contribution in [1.29, 1.82) is 0 Å². The maximum absolute atomic E-state index is 11.7. The maximum atomic E-state index is 11.7. The van der Waals surface area contributed by atoms with Crippen LogP contribution in [0.5, 0.6) is 11.5 Å². The highest BCUT2D eigenvalue weighted by atomic mass is 16.5. The molecule has 0 saturated carbocycles. The third-order valence-electron chi connectivity index (χ3n) is 2.52. The number of para-hydroxylation sites is 1. The number of nitrogens with one attached hydrogen (secondary N) is 1. The molecule has 3 N–H and O–H groups in total. The van der Waals surface area contributed by atoms with Crippen molar-refractivity contribution in [2.24, 2.45) is 5.73 Å². The smallest absolute Gasteiger partial charge is 0.251 e. The molecular formula is C15H14N2O3. The van der Waals surface area contributed by atoms with Crippen LogP contribution in [0.25, 0.3) is 0 Å². The minimum atomic E-state index is -0.581. The monoisotopic (exact) mass is 270 g/mol. The van der Waals surface area contributed by atoms with E-state index < -0.39 is 5.91 Å². The van der Waals surface area contributed by atoms with Gasteiger partial charge in [0.2, 0.25) is 5.91 Å². The van der Waals surface area contributed by atoms with Crippen molar-refractivity contribution in [1.82, 2.24) is 5.32 Å². The van der Waals surface area contributed by atoms with Crippen molar-refractivity contribution in [3.8, 4) is 11.5 Å². The normalized spacial score (nSPS) is 9.80. The summed E-state index contributed by atoms with van der Waals surface area (Å²) in [6, 6.07) is 15.9. The van der Waals surface area contributed by atoms with Gasteiger partial charge in [-0.1, -0.05) is 18.2 Å². The summed E-state index contributed by atoms with van der Waals surface area (Å²) < 4.78 is 5.61. The van der Waals surface area contributed by atoms with Crippen molar-refractivity contribution in [3.05, 3.63) is 60.2 Å². The number of hydrogen-bond acceptors (Lipinski definition) is 3. The molecule has 2 aromatic carbocycles. The lowest BCUT2D eigenvalue weighted by Crippen LogP contribution is -2.33. The first-order valence-corrected chi connectivity index (χ1v) is 6.04. The Kier molecular flexibility index (Phi) is 4.34. The average molecular weight is 270 g/mol. The van der Waals surface area contributed by atoms with Gasteiger partial charge >= 0.3 is 0 Å². The lowest BCUT2D eigenvalue weighted by molar-refractivity contribution is -0.117. The molecule has 5 heteroatoms. The second kappa shape index (κ2) is 6.38. The van der Waals surface area contributed by atoms with Gasteiger partial charge in [-0.2, -0.15) is 0 Å². The van der Waals surface area contributed by atoms with E-state index >= 15 is 0 Å². The Labute approximate surface area is 116 Å². The molecule has 2 aromatic rings. The van der Waals surface area contributed by atoms with Crippen LogP contribution in [0.3, 0.4) is 0 Å². The van der Waals surface area contributed by atoms with Gasteiger partial charge in [0.25, 0.3) is 5.91 Å². The Morgan fingerprint density at radius 1 is 0.950 bits per heavy atom.